The Morgan fingerprint density at radius 3 is 2.36 bits per heavy atom. The summed E-state index contributed by atoms with van der Waals surface area (Å²) < 4.78 is 0. The van der Waals surface area contributed by atoms with E-state index in [0.717, 1.165) is 13.0 Å². The fourth-order valence-electron chi connectivity index (χ4n) is 0.915. The Morgan fingerprint density at radius 2 is 1.93 bits per heavy atom. The molecule has 0 bridgehead atoms. The molecule has 1 aromatic heterocycles. The molecule has 0 unspecified atom stereocenters. The lowest BCUT2D eigenvalue weighted by Gasteiger charge is -1.91. The van der Waals surface area contributed by atoms with Crippen LogP contribution in [0, 0.1) is 0 Å². The molecular formula is C10H20Cl2N2+2. The van der Waals surface area contributed by atoms with Crippen LogP contribution in [0.4, 0.5) is 0 Å². The van der Waals surface area contributed by atoms with Gasteiger partial charge in [-0.05, 0) is 12.5 Å². The molecule has 0 aliphatic heterocycles. The number of quaternary nitrogens is 1. The van der Waals surface area contributed by atoms with Crippen LogP contribution in [0.15, 0.2) is 24.5 Å². The highest BCUT2D eigenvalue weighted by molar-refractivity contribution is 6.15. The van der Waals surface area contributed by atoms with Crippen molar-refractivity contribution < 1.29 is 10.7 Å². The first-order chi connectivity index (χ1) is 6.93. The molecule has 2 nitrogen and oxygen atoms in total. The summed E-state index contributed by atoms with van der Waals surface area (Å²) >= 11 is 9.28. The van der Waals surface area contributed by atoms with Gasteiger partial charge in [0, 0.05) is 30.8 Å². The predicted octanol–water partition coefficient (Wildman–Crippen LogP) is 1.39. The Labute approximate surface area is 96.4 Å². The lowest BCUT2D eigenvalue weighted by atomic mass is 10.2. The molecule has 0 atom stereocenters. The van der Waals surface area contributed by atoms with E-state index in [9.17, 15) is 0 Å². The van der Waals surface area contributed by atoms with E-state index in [1.54, 1.807) is 0 Å². The number of halogens is 2. The lowest BCUT2D eigenvalue weighted by Crippen LogP contribution is -2.50. The quantitative estimate of drug-likeness (QED) is 0.774. The Kier molecular flexibility index (Phi) is 17.5. The van der Waals surface area contributed by atoms with E-state index in [2.05, 4.69) is 40.0 Å². The third kappa shape index (κ3) is 9.78. The fourth-order valence-corrected chi connectivity index (χ4v) is 0.915. The molecule has 82 valence electrons. The number of aromatic amines is 1. The summed E-state index contributed by atoms with van der Waals surface area (Å²) in [4.78, 5) is 3.05. The van der Waals surface area contributed by atoms with Crippen LogP contribution in [0.3, 0.4) is 0 Å². The zero-order chi connectivity index (χ0) is 11.2. The Balaban J connectivity index is 0. The molecule has 4 N–H and O–H groups in total. The van der Waals surface area contributed by atoms with Gasteiger partial charge in [0.05, 0.1) is 6.54 Å². The van der Waals surface area contributed by atoms with Gasteiger partial charge in [0.2, 0.25) is 0 Å². The van der Waals surface area contributed by atoms with Gasteiger partial charge in [-0.1, -0.05) is 0 Å². The molecular weight excluding hydrogens is 219 g/mol. The monoisotopic (exact) mass is 238 g/mol. The minimum absolute atomic E-state index is 1.02. The molecule has 0 radical (unpaired) electrons. The molecule has 0 aliphatic rings. The van der Waals surface area contributed by atoms with Crippen LogP contribution in [0.2, 0.25) is 0 Å². The van der Waals surface area contributed by atoms with Crippen molar-refractivity contribution in [1.29, 1.82) is 0 Å². The van der Waals surface area contributed by atoms with Crippen LogP contribution >= 0.6 is 23.2 Å². The molecule has 0 spiro atoms. The fraction of sp³-hybridized carbons (Fsp3) is 0.500. The second-order valence-electron chi connectivity index (χ2n) is 2.37. The van der Waals surface area contributed by atoms with Gasteiger partial charge in [-0.25, -0.2) is 4.98 Å². The minimum Gasteiger partial charge on any atom is -0.358 e. The summed E-state index contributed by atoms with van der Waals surface area (Å²) in [5, 5.41) is 0. The van der Waals surface area contributed by atoms with Crippen molar-refractivity contribution in [1.82, 2.24) is 0 Å². The third-order valence-corrected chi connectivity index (χ3v) is 1.49. The number of nitrogens with one attached hydrogen (secondary N) is 1. The van der Waals surface area contributed by atoms with Crippen LogP contribution < -0.4 is 10.7 Å². The highest BCUT2D eigenvalue weighted by Crippen LogP contribution is 1.95. The van der Waals surface area contributed by atoms with E-state index in [0.29, 0.717) is 0 Å². The molecule has 0 aliphatic carbocycles. The number of H-pyrrole nitrogens is 1. The molecule has 0 saturated carbocycles. The lowest BCUT2D eigenvalue weighted by molar-refractivity contribution is -0.379. The maximum absolute atomic E-state index is 4.64. The smallest absolute Gasteiger partial charge is 0.170 e. The van der Waals surface area contributed by atoms with Gasteiger partial charge < -0.3 is 5.73 Å². The first-order valence-corrected chi connectivity index (χ1v) is 5.94. The van der Waals surface area contributed by atoms with Gasteiger partial charge in [0.25, 0.3) is 0 Å². The molecule has 1 heterocycles. The largest absolute Gasteiger partial charge is 0.358 e. The van der Waals surface area contributed by atoms with Crippen LogP contribution in [0.25, 0.3) is 0 Å². The summed E-state index contributed by atoms with van der Waals surface area (Å²) in [5.41, 5.74) is 5.16. The van der Waals surface area contributed by atoms with E-state index < -0.39 is 0 Å². The molecule has 1 rings (SSSR count). The molecule has 4 heteroatoms. The topological polar surface area (TPSA) is 41.8 Å². The standard InChI is InChI=1S/C8H12N2.2CH3Cl/c9-5-1-3-8-4-2-6-10-7-8;2*1-2/h2,4,6-7H,1,3,5,9H2;2*1H3/p+2. The van der Waals surface area contributed by atoms with E-state index >= 15 is 0 Å². The van der Waals surface area contributed by atoms with E-state index in [4.69, 9.17) is 0 Å². The van der Waals surface area contributed by atoms with Gasteiger partial charge >= 0.3 is 0 Å². The number of alkyl halides is 2. The van der Waals surface area contributed by atoms with E-state index in [1.165, 1.54) is 24.8 Å². The molecule has 0 aromatic carbocycles. The minimum atomic E-state index is 1.02. The van der Waals surface area contributed by atoms with Crippen molar-refractivity contribution >= 4 is 23.2 Å². The van der Waals surface area contributed by atoms with Gasteiger partial charge in [-0.3, -0.25) is 0 Å². The normalized spacial score (nSPS) is 7.79. The maximum atomic E-state index is 4.64. The van der Waals surface area contributed by atoms with E-state index in [-0.39, 0.29) is 0 Å². The first kappa shape index (κ1) is 16.1. The number of aromatic nitrogens is 1. The van der Waals surface area contributed by atoms with Crippen LogP contribution in [-0.4, -0.2) is 19.3 Å². The molecule has 1 aromatic rings. The molecule has 0 fully saturated rings. The number of aryl methyl sites for hydroxylation is 1. The van der Waals surface area contributed by atoms with Crippen molar-refractivity contribution in [2.45, 2.75) is 12.8 Å². The predicted molar refractivity (Wildman–Crippen MR) is 62.6 cm³/mol. The highest BCUT2D eigenvalue weighted by Gasteiger charge is 1.93. The zero-order valence-electron chi connectivity index (χ0n) is 8.89. The zero-order valence-corrected chi connectivity index (χ0v) is 10.4. The Bertz CT molecular complexity index is 181. The average Bonchev–Trinajstić information content (AvgIpc) is 2.33. The van der Waals surface area contributed by atoms with Crippen molar-refractivity contribution in [3.63, 3.8) is 0 Å². The van der Waals surface area contributed by atoms with Crippen LogP contribution in [-0.2, 0) is 6.42 Å². The summed E-state index contributed by atoms with van der Waals surface area (Å²) in [6, 6.07) is 4.16. The Morgan fingerprint density at radius 1 is 1.29 bits per heavy atom. The SMILES string of the molecule is CCl.CCl.[NH3+]CCCc1ccc[nH+]c1. The van der Waals surface area contributed by atoms with Crippen molar-refractivity contribution in [3.05, 3.63) is 30.1 Å². The van der Waals surface area contributed by atoms with E-state index in [1.807, 2.05) is 18.5 Å². The van der Waals surface area contributed by atoms with Crippen molar-refractivity contribution in [2.24, 2.45) is 0 Å². The first-order valence-electron chi connectivity index (χ1n) is 4.43. The molecule has 0 amide bonds. The number of pyridine rings is 1. The number of hydrogen-bond donors (Lipinski definition) is 1. The van der Waals surface area contributed by atoms with Crippen molar-refractivity contribution in [3.8, 4) is 0 Å². The van der Waals surface area contributed by atoms with Crippen LogP contribution in [0.5, 0.6) is 0 Å². The van der Waals surface area contributed by atoms with Crippen LogP contribution in [0.1, 0.15) is 12.0 Å². The second-order valence-corrected chi connectivity index (χ2v) is 2.37. The third-order valence-electron chi connectivity index (χ3n) is 1.49. The second kappa shape index (κ2) is 15.2. The average molecular weight is 239 g/mol. The number of rotatable bonds is 3. The summed E-state index contributed by atoms with van der Waals surface area (Å²) in [7, 11) is 0. The molecule has 0 saturated heterocycles. The highest BCUT2D eigenvalue weighted by atomic mass is 35.5. The van der Waals surface area contributed by atoms with Gasteiger partial charge in [-0.15, -0.1) is 23.2 Å². The summed E-state index contributed by atoms with van der Waals surface area (Å²) in [6.45, 7) is 1.02. The Hall–Kier alpha value is -0.310. The van der Waals surface area contributed by atoms with Gasteiger partial charge in [-0.2, -0.15) is 0 Å². The summed E-state index contributed by atoms with van der Waals surface area (Å²) in [6.07, 6.45) is 9.22. The van der Waals surface area contributed by atoms with Crippen molar-refractivity contribution in [2.75, 3.05) is 19.3 Å². The number of hydrogen-bond acceptors (Lipinski definition) is 0. The molecule has 14 heavy (non-hydrogen) atoms. The maximum Gasteiger partial charge on any atom is 0.170 e. The van der Waals surface area contributed by atoms with Gasteiger partial charge in [0.1, 0.15) is 0 Å². The summed E-state index contributed by atoms with van der Waals surface area (Å²) in [5.74, 6) is 0. The van der Waals surface area contributed by atoms with Gasteiger partial charge in [0.15, 0.2) is 12.4 Å².